The fourth-order valence-electron chi connectivity index (χ4n) is 1.87. The van der Waals surface area contributed by atoms with E-state index in [1.54, 1.807) is 16.8 Å². The number of aromatic hydroxyl groups is 1. The molecular formula is C14H18N4O2. The summed E-state index contributed by atoms with van der Waals surface area (Å²) in [4.78, 5) is 15.8. The standard InChI is InChI=1S/C14H18N4O2/c1-18-13(16-10-17-18)8-9-15-14(20)7-4-11-2-5-12(19)6-3-11/h2-3,5-6,10,19H,4,7-9H2,1H3,(H,15,20). The van der Waals surface area contributed by atoms with E-state index in [1.807, 2.05) is 19.2 Å². The van der Waals surface area contributed by atoms with Gasteiger partial charge in [-0.05, 0) is 24.1 Å². The summed E-state index contributed by atoms with van der Waals surface area (Å²) in [6, 6.07) is 6.90. The lowest BCUT2D eigenvalue weighted by Crippen LogP contribution is -2.26. The normalized spacial score (nSPS) is 10.4. The van der Waals surface area contributed by atoms with Crippen LogP contribution in [0.4, 0.5) is 0 Å². The van der Waals surface area contributed by atoms with Gasteiger partial charge in [-0.1, -0.05) is 12.1 Å². The molecule has 20 heavy (non-hydrogen) atoms. The Labute approximate surface area is 117 Å². The van der Waals surface area contributed by atoms with Gasteiger partial charge in [0.2, 0.25) is 5.91 Å². The molecular weight excluding hydrogens is 256 g/mol. The summed E-state index contributed by atoms with van der Waals surface area (Å²) in [6.45, 7) is 0.556. The molecule has 0 atom stereocenters. The molecule has 0 saturated heterocycles. The molecule has 0 aliphatic heterocycles. The maximum Gasteiger partial charge on any atom is 0.220 e. The number of aromatic nitrogens is 3. The van der Waals surface area contributed by atoms with Crippen LogP contribution in [0.5, 0.6) is 5.75 Å². The van der Waals surface area contributed by atoms with Gasteiger partial charge in [-0.2, -0.15) is 5.10 Å². The summed E-state index contributed by atoms with van der Waals surface area (Å²) < 4.78 is 1.70. The van der Waals surface area contributed by atoms with Crippen molar-refractivity contribution in [3.8, 4) is 5.75 Å². The van der Waals surface area contributed by atoms with Gasteiger partial charge in [0.25, 0.3) is 0 Å². The maximum atomic E-state index is 11.7. The van der Waals surface area contributed by atoms with Crippen molar-refractivity contribution < 1.29 is 9.90 Å². The number of phenolic OH excluding ortho intramolecular Hbond substituents is 1. The van der Waals surface area contributed by atoms with E-state index in [-0.39, 0.29) is 11.7 Å². The Balaban J connectivity index is 1.68. The van der Waals surface area contributed by atoms with Crippen molar-refractivity contribution in [2.24, 2.45) is 7.05 Å². The van der Waals surface area contributed by atoms with Gasteiger partial charge in [0, 0.05) is 26.4 Å². The highest BCUT2D eigenvalue weighted by Crippen LogP contribution is 2.10. The predicted molar refractivity (Wildman–Crippen MR) is 74.1 cm³/mol. The van der Waals surface area contributed by atoms with E-state index in [2.05, 4.69) is 15.4 Å². The highest BCUT2D eigenvalue weighted by Gasteiger charge is 2.04. The third-order valence-corrected chi connectivity index (χ3v) is 3.05. The Bertz CT molecular complexity index is 563. The highest BCUT2D eigenvalue weighted by molar-refractivity contribution is 5.76. The minimum absolute atomic E-state index is 0.0141. The Morgan fingerprint density at radius 3 is 2.70 bits per heavy atom. The highest BCUT2D eigenvalue weighted by atomic mass is 16.3. The minimum Gasteiger partial charge on any atom is -0.508 e. The molecule has 2 rings (SSSR count). The molecule has 0 spiro atoms. The number of carbonyl (C=O) groups is 1. The van der Waals surface area contributed by atoms with E-state index < -0.39 is 0 Å². The summed E-state index contributed by atoms with van der Waals surface area (Å²) in [5.74, 6) is 1.10. The van der Waals surface area contributed by atoms with Crippen LogP contribution in [0.3, 0.4) is 0 Å². The molecule has 1 aromatic heterocycles. The summed E-state index contributed by atoms with van der Waals surface area (Å²) in [5, 5.41) is 16.0. The quantitative estimate of drug-likeness (QED) is 0.817. The lowest BCUT2D eigenvalue weighted by molar-refractivity contribution is -0.121. The first-order valence-corrected chi connectivity index (χ1v) is 6.52. The molecule has 6 heteroatoms. The summed E-state index contributed by atoms with van der Waals surface area (Å²) in [7, 11) is 1.83. The van der Waals surface area contributed by atoms with Crippen LogP contribution in [0.1, 0.15) is 17.8 Å². The van der Waals surface area contributed by atoms with Crippen LogP contribution < -0.4 is 5.32 Å². The second-order valence-corrected chi connectivity index (χ2v) is 4.57. The second kappa shape index (κ2) is 6.70. The van der Waals surface area contributed by atoms with Crippen LogP contribution in [0.2, 0.25) is 0 Å². The van der Waals surface area contributed by atoms with Gasteiger partial charge in [-0.15, -0.1) is 0 Å². The van der Waals surface area contributed by atoms with Crippen LogP contribution >= 0.6 is 0 Å². The second-order valence-electron chi connectivity index (χ2n) is 4.57. The molecule has 1 amide bonds. The molecule has 0 radical (unpaired) electrons. The van der Waals surface area contributed by atoms with E-state index in [1.165, 1.54) is 6.33 Å². The van der Waals surface area contributed by atoms with Crippen LogP contribution in [0.25, 0.3) is 0 Å². The van der Waals surface area contributed by atoms with Crippen molar-refractivity contribution in [3.05, 3.63) is 42.0 Å². The van der Waals surface area contributed by atoms with Crippen molar-refractivity contribution in [2.45, 2.75) is 19.3 Å². The Kier molecular flexibility index (Phi) is 4.70. The molecule has 0 aliphatic carbocycles. The van der Waals surface area contributed by atoms with Crippen LogP contribution in [0, 0.1) is 0 Å². The molecule has 2 aromatic rings. The molecule has 0 unspecified atom stereocenters. The van der Waals surface area contributed by atoms with Crippen molar-refractivity contribution in [2.75, 3.05) is 6.54 Å². The first kappa shape index (κ1) is 14.0. The van der Waals surface area contributed by atoms with Crippen LogP contribution in [-0.4, -0.2) is 32.3 Å². The average Bonchev–Trinajstić information content (AvgIpc) is 2.84. The monoisotopic (exact) mass is 274 g/mol. The molecule has 0 aliphatic rings. The topological polar surface area (TPSA) is 80.0 Å². The summed E-state index contributed by atoms with van der Waals surface area (Å²) >= 11 is 0. The zero-order valence-corrected chi connectivity index (χ0v) is 11.4. The fraction of sp³-hybridized carbons (Fsp3) is 0.357. The molecule has 106 valence electrons. The maximum absolute atomic E-state index is 11.7. The Hall–Kier alpha value is -2.37. The summed E-state index contributed by atoms with van der Waals surface area (Å²) in [5.41, 5.74) is 1.03. The van der Waals surface area contributed by atoms with Crippen molar-refractivity contribution >= 4 is 5.91 Å². The molecule has 2 N–H and O–H groups in total. The number of hydrogen-bond acceptors (Lipinski definition) is 4. The SMILES string of the molecule is Cn1ncnc1CCNC(=O)CCc1ccc(O)cc1. The molecule has 0 saturated carbocycles. The zero-order valence-electron chi connectivity index (χ0n) is 11.4. The van der Waals surface area contributed by atoms with E-state index >= 15 is 0 Å². The number of nitrogens with zero attached hydrogens (tertiary/aromatic N) is 3. The first-order chi connectivity index (χ1) is 9.65. The molecule has 1 heterocycles. The molecule has 6 nitrogen and oxygen atoms in total. The minimum atomic E-state index is 0.0141. The Morgan fingerprint density at radius 1 is 1.30 bits per heavy atom. The van der Waals surface area contributed by atoms with Gasteiger partial charge >= 0.3 is 0 Å². The number of carbonyl (C=O) groups excluding carboxylic acids is 1. The van der Waals surface area contributed by atoms with Gasteiger partial charge < -0.3 is 10.4 Å². The average molecular weight is 274 g/mol. The van der Waals surface area contributed by atoms with Crippen LogP contribution in [0.15, 0.2) is 30.6 Å². The zero-order chi connectivity index (χ0) is 14.4. The predicted octanol–water partition coefficient (Wildman–Crippen LogP) is 0.812. The lowest BCUT2D eigenvalue weighted by atomic mass is 10.1. The van der Waals surface area contributed by atoms with E-state index in [0.717, 1.165) is 11.4 Å². The van der Waals surface area contributed by atoms with Crippen LogP contribution in [-0.2, 0) is 24.7 Å². The van der Waals surface area contributed by atoms with Crippen molar-refractivity contribution in [3.63, 3.8) is 0 Å². The number of phenols is 1. The fourth-order valence-corrected chi connectivity index (χ4v) is 1.87. The number of aryl methyl sites for hydroxylation is 2. The number of nitrogens with one attached hydrogen (secondary N) is 1. The van der Waals surface area contributed by atoms with E-state index in [9.17, 15) is 9.90 Å². The van der Waals surface area contributed by atoms with Gasteiger partial charge in [0.1, 0.15) is 17.9 Å². The number of hydrogen-bond donors (Lipinski definition) is 2. The number of amides is 1. The Morgan fingerprint density at radius 2 is 2.05 bits per heavy atom. The lowest BCUT2D eigenvalue weighted by Gasteiger charge is -2.05. The van der Waals surface area contributed by atoms with E-state index in [4.69, 9.17) is 0 Å². The molecule has 1 aromatic carbocycles. The largest absolute Gasteiger partial charge is 0.508 e. The summed E-state index contributed by atoms with van der Waals surface area (Å²) in [6.07, 6.45) is 3.27. The van der Waals surface area contributed by atoms with Crippen molar-refractivity contribution in [1.29, 1.82) is 0 Å². The third-order valence-electron chi connectivity index (χ3n) is 3.05. The first-order valence-electron chi connectivity index (χ1n) is 6.52. The molecule has 0 fully saturated rings. The van der Waals surface area contributed by atoms with Crippen molar-refractivity contribution in [1.82, 2.24) is 20.1 Å². The van der Waals surface area contributed by atoms with Gasteiger partial charge in [-0.3, -0.25) is 9.48 Å². The number of benzene rings is 1. The third kappa shape index (κ3) is 4.08. The smallest absolute Gasteiger partial charge is 0.220 e. The van der Waals surface area contributed by atoms with E-state index in [0.29, 0.717) is 25.8 Å². The molecule has 0 bridgehead atoms. The van der Waals surface area contributed by atoms with Gasteiger partial charge in [0.15, 0.2) is 0 Å². The number of rotatable bonds is 6. The van der Waals surface area contributed by atoms with Gasteiger partial charge in [-0.25, -0.2) is 4.98 Å². The van der Waals surface area contributed by atoms with Gasteiger partial charge in [0.05, 0.1) is 0 Å².